The monoisotopic (exact) mass is 474 g/mol. The molecule has 1 amide bonds. The summed E-state index contributed by atoms with van der Waals surface area (Å²) in [7, 11) is 0. The Morgan fingerprint density at radius 1 is 1.31 bits per heavy atom. The largest absolute Gasteiger partial charge is 0.379 e. The van der Waals surface area contributed by atoms with Crippen molar-refractivity contribution < 1.29 is 14.1 Å². The third-order valence-corrected chi connectivity index (χ3v) is 5.85. The summed E-state index contributed by atoms with van der Waals surface area (Å²) in [6, 6.07) is 0. The molecule has 3 heterocycles. The molecule has 0 aliphatic carbocycles. The van der Waals surface area contributed by atoms with Crippen molar-refractivity contribution in [2.45, 2.75) is 26.8 Å². The summed E-state index contributed by atoms with van der Waals surface area (Å²) in [6.45, 7) is 9.30. The number of aryl methyl sites for hydroxylation is 1. The zero-order chi connectivity index (χ0) is 18.5. The van der Waals surface area contributed by atoms with Gasteiger partial charge in [-0.1, -0.05) is 5.16 Å². The number of aromatic nitrogens is 4. The maximum Gasteiger partial charge on any atom is 0.316 e. The van der Waals surface area contributed by atoms with Crippen molar-refractivity contribution in [3.05, 3.63) is 26.7 Å². The van der Waals surface area contributed by atoms with Crippen LogP contribution in [0.4, 0.5) is 0 Å². The van der Waals surface area contributed by atoms with Gasteiger partial charge in [-0.2, -0.15) is 10.1 Å². The molecule has 2 aromatic heterocycles. The molecular weight excluding hydrogens is 451 g/mol. The summed E-state index contributed by atoms with van der Waals surface area (Å²) in [5.74, 6) is 0.0849. The zero-order valence-corrected chi connectivity index (χ0v) is 17.2. The van der Waals surface area contributed by atoms with E-state index in [1.165, 1.54) is 0 Å². The van der Waals surface area contributed by atoms with Crippen LogP contribution >= 0.6 is 22.6 Å². The Bertz CT molecular complexity index is 753. The van der Waals surface area contributed by atoms with Gasteiger partial charge < -0.3 is 14.6 Å². The molecule has 0 radical (unpaired) electrons. The Labute approximate surface area is 165 Å². The molecule has 26 heavy (non-hydrogen) atoms. The normalized spacial score (nSPS) is 15.3. The van der Waals surface area contributed by atoms with E-state index in [0.717, 1.165) is 54.2 Å². The first-order valence-corrected chi connectivity index (χ1v) is 9.73. The smallest absolute Gasteiger partial charge is 0.316 e. The lowest BCUT2D eigenvalue weighted by Crippen LogP contribution is -2.38. The van der Waals surface area contributed by atoms with Gasteiger partial charge in [0.2, 0.25) is 0 Å². The van der Waals surface area contributed by atoms with Crippen molar-refractivity contribution in [2.75, 3.05) is 39.4 Å². The van der Waals surface area contributed by atoms with Crippen LogP contribution in [0.25, 0.3) is 0 Å². The molecule has 1 fully saturated rings. The number of morpholine rings is 1. The van der Waals surface area contributed by atoms with E-state index in [1.54, 1.807) is 0 Å². The minimum atomic E-state index is -0.339. The number of carbonyl (C=O) groups is 1. The highest BCUT2D eigenvalue weighted by atomic mass is 127. The lowest BCUT2D eigenvalue weighted by atomic mass is 10.3. The topological polar surface area (TPSA) is 98.3 Å². The number of hydrogen-bond donors (Lipinski definition) is 1. The maximum absolute atomic E-state index is 12.1. The Morgan fingerprint density at radius 3 is 2.77 bits per heavy atom. The van der Waals surface area contributed by atoms with Crippen LogP contribution in [0.3, 0.4) is 0 Å². The zero-order valence-electron chi connectivity index (χ0n) is 15.0. The van der Waals surface area contributed by atoms with Gasteiger partial charge in [-0.05, 0) is 49.4 Å². The highest BCUT2D eigenvalue weighted by molar-refractivity contribution is 14.1. The highest BCUT2D eigenvalue weighted by Gasteiger charge is 2.17. The summed E-state index contributed by atoms with van der Waals surface area (Å²) < 4.78 is 13.3. The number of hydrogen-bond acceptors (Lipinski definition) is 7. The van der Waals surface area contributed by atoms with Crippen molar-refractivity contribution in [2.24, 2.45) is 0 Å². The number of rotatable bonds is 7. The highest BCUT2D eigenvalue weighted by Crippen LogP contribution is 2.15. The molecule has 0 spiro atoms. The van der Waals surface area contributed by atoms with Crippen LogP contribution in [-0.4, -0.2) is 70.1 Å². The molecule has 0 bridgehead atoms. The summed E-state index contributed by atoms with van der Waals surface area (Å²) in [4.78, 5) is 18.6. The number of carbonyl (C=O) groups excluding carboxylic acids is 1. The van der Waals surface area contributed by atoms with Crippen molar-refractivity contribution in [1.29, 1.82) is 0 Å². The molecular formula is C16H23IN6O3. The number of amides is 1. The van der Waals surface area contributed by atoms with Crippen molar-refractivity contribution in [3.8, 4) is 0 Å². The lowest BCUT2D eigenvalue weighted by Gasteiger charge is -2.26. The molecule has 0 aromatic carbocycles. The van der Waals surface area contributed by atoms with Gasteiger partial charge in [0, 0.05) is 25.3 Å². The average molecular weight is 474 g/mol. The van der Waals surface area contributed by atoms with Gasteiger partial charge in [0.05, 0.1) is 22.5 Å². The summed E-state index contributed by atoms with van der Waals surface area (Å²) >= 11 is 2.26. The molecule has 0 atom stereocenters. The molecule has 1 aliphatic rings. The molecule has 1 aliphatic heterocycles. The van der Waals surface area contributed by atoms with Crippen molar-refractivity contribution >= 4 is 28.5 Å². The second kappa shape index (κ2) is 8.91. The number of halogens is 1. The SMILES string of the molecule is Cc1nn(Cc2noc(C(=O)NCCCN3CCOCC3)n2)c(C)c1I. The van der Waals surface area contributed by atoms with Crippen LogP contribution < -0.4 is 5.32 Å². The molecule has 1 N–H and O–H groups in total. The minimum Gasteiger partial charge on any atom is -0.379 e. The van der Waals surface area contributed by atoms with E-state index in [0.29, 0.717) is 18.9 Å². The molecule has 1 saturated heterocycles. The van der Waals surface area contributed by atoms with E-state index in [-0.39, 0.29) is 11.8 Å². The predicted molar refractivity (Wildman–Crippen MR) is 102 cm³/mol. The molecule has 142 valence electrons. The third kappa shape index (κ3) is 4.80. The fraction of sp³-hybridized carbons (Fsp3) is 0.625. The number of nitrogens with zero attached hydrogens (tertiary/aromatic N) is 5. The minimum absolute atomic E-state index is 0.0115. The van der Waals surface area contributed by atoms with Crippen molar-refractivity contribution in [1.82, 2.24) is 30.1 Å². The van der Waals surface area contributed by atoms with Gasteiger partial charge in [-0.3, -0.25) is 14.4 Å². The second-order valence-corrected chi connectivity index (χ2v) is 7.30. The summed E-state index contributed by atoms with van der Waals surface area (Å²) in [5.41, 5.74) is 2.01. The van der Waals surface area contributed by atoms with Crippen molar-refractivity contribution in [3.63, 3.8) is 0 Å². The van der Waals surface area contributed by atoms with E-state index in [2.05, 4.69) is 48.0 Å². The van der Waals surface area contributed by atoms with E-state index < -0.39 is 0 Å². The van der Waals surface area contributed by atoms with Crippen LogP contribution in [0.1, 0.15) is 34.3 Å². The van der Waals surface area contributed by atoms with Gasteiger partial charge in [-0.25, -0.2) is 0 Å². The van der Waals surface area contributed by atoms with Crippen LogP contribution in [0.5, 0.6) is 0 Å². The quantitative estimate of drug-likeness (QED) is 0.472. The molecule has 2 aromatic rings. The van der Waals surface area contributed by atoms with E-state index >= 15 is 0 Å². The van der Waals surface area contributed by atoms with E-state index in [9.17, 15) is 4.79 Å². The molecule has 9 nitrogen and oxygen atoms in total. The predicted octanol–water partition coefficient (Wildman–Crippen LogP) is 0.988. The molecule has 10 heteroatoms. The van der Waals surface area contributed by atoms with Crippen LogP contribution in [-0.2, 0) is 11.3 Å². The van der Waals surface area contributed by atoms with E-state index in [4.69, 9.17) is 9.26 Å². The number of nitrogens with one attached hydrogen (secondary N) is 1. The lowest BCUT2D eigenvalue weighted by molar-refractivity contribution is 0.0374. The number of ether oxygens (including phenoxy) is 1. The standard InChI is InChI=1S/C16H23IN6O3/c1-11-14(17)12(2)23(20-11)10-13-19-16(26-21-13)15(24)18-4-3-5-22-6-8-25-9-7-22/h3-10H2,1-2H3,(H,18,24). The Balaban J connectivity index is 1.46. The fourth-order valence-corrected chi connectivity index (χ4v) is 3.16. The molecule has 3 rings (SSSR count). The Kier molecular flexibility index (Phi) is 6.59. The fourth-order valence-electron chi connectivity index (χ4n) is 2.78. The first-order chi connectivity index (χ1) is 12.5. The van der Waals surface area contributed by atoms with Crippen LogP contribution in [0, 0.1) is 17.4 Å². The molecule has 0 saturated carbocycles. The van der Waals surface area contributed by atoms with Gasteiger partial charge in [0.1, 0.15) is 6.54 Å². The van der Waals surface area contributed by atoms with Crippen LogP contribution in [0.2, 0.25) is 0 Å². The van der Waals surface area contributed by atoms with Crippen LogP contribution in [0.15, 0.2) is 4.52 Å². The van der Waals surface area contributed by atoms with Gasteiger partial charge in [0.25, 0.3) is 0 Å². The summed E-state index contributed by atoms with van der Waals surface area (Å²) in [5, 5.41) is 11.1. The Morgan fingerprint density at radius 2 is 2.08 bits per heavy atom. The van der Waals surface area contributed by atoms with Gasteiger partial charge in [0.15, 0.2) is 5.82 Å². The summed E-state index contributed by atoms with van der Waals surface area (Å²) in [6.07, 6.45) is 0.872. The Hall–Kier alpha value is -1.53. The third-order valence-electron chi connectivity index (χ3n) is 4.29. The average Bonchev–Trinajstić information content (AvgIpc) is 3.21. The molecule has 0 unspecified atom stereocenters. The van der Waals surface area contributed by atoms with Gasteiger partial charge >= 0.3 is 11.8 Å². The first-order valence-electron chi connectivity index (χ1n) is 8.65. The van der Waals surface area contributed by atoms with E-state index in [1.807, 2.05) is 18.5 Å². The maximum atomic E-state index is 12.1. The van der Waals surface area contributed by atoms with Gasteiger partial charge in [-0.15, -0.1) is 0 Å². The second-order valence-electron chi connectivity index (χ2n) is 6.22. The first kappa shape index (κ1) is 19.2.